The quantitative estimate of drug-likeness (QED) is 0.771. The van der Waals surface area contributed by atoms with Crippen molar-refractivity contribution in [2.24, 2.45) is 0 Å². The first-order valence-corrected chi connectivity index (χ1v) is 8.83. The molecule has 8 heteroatoms. The Morgan fingerprint density at radius 2 is 1.79 bits per heavy atom. The van der Waals surface area contributed by atoms with Crippen molar-refractivity contribution in [1.29, 1.82) is 5.26 Å². The molecule has 24 heavy (non-hydrogen) atoms. The SMILES string of the molecule is N#CCCNS(=O)(=O)c1ccc(C(=O)Nc2ccccc2Cl)cc1. The number of carbonyl (C=O) groups is 1. The zero-order valence-electron chi connectivity index (χ0n) is 12.5. The third kappa shape index (κ3) is 4.55. The lowest BCUT2D eigenvalue weighted by Crippen LogP contribution is -2.24. The van der Waals surface area contributed by atoms with E-state index in [1.807, 2.05) is 6.07 Å². The molecule has 0 unspecified atom stereocenters. The smallest absolute Gasteiger partial charge is 0.255 e. The van der Waals surface area contributed by atoms with Gasteiger partial charge in [0.15, 0.2) is 0 Å². The molecule has 0 bridgehead atoms. The summed E-state index contributed by atoms with van der Waals surface area (Å²) in [7, 11) is -3.69. The van der Waals surface area contributed by atoms with E-state index in [4.69, 9.17) is 16.9 Å². The zero-order chi connectivity index (χ0) is 17.6. The average molecular weight is 364 g/mol. The number of sulfonamides is 1. The van der Waals surface area contributed by atoms with Crippen LogP contribution in [0.4, 0.5) is 5.69 Å². The highest BCUT2D eigenvalue weighted by Gasteiger charge is 2.14. The van der Waals surface area contributed by atoms with Crippen LogP contribution in [0.1, 0.15) is 16.8 Å². The predicted octanol–water partition coefficient (Wildman–Crippen LogP) is 2.78. The Kier molecular flexibility index (Phi) is 5.93. The summed E-state index contributed by atoms with van der Waals surface area (Å²) in [4.78, 5) is 12.2. The second-order valence-electron chi connectivity index (χ2n) is 4.76. The van der Waals surface area contributed by atoms with Gasteiger partial charge in [0, 0.05) is 18.5 Å². The number of hydrogen-bond acceptors (Lipinski definition) is 4. The predicted molar refractivity (Wildman–Crippen MR) is 91.3 cm³/mol. The standard InChI is InChI=1S/C16H14ClN3O3S/c17-14-4-1-2-5-15(14)20-16(21)12-6-8-13(9-7-12)24(22,23)19-11-3-10-18/h1-2,4-9,19H,3,11H2,(H,20,21). The number of anilines is 1. The Morgan fingerprint density at radius 3 is 2.42 bits per heavy atom. The molecule has 0 aromatic heterocycles. The average Bonchev–Trinajstić information content (AvgIpc) is 2.57. The fourth-order valence-electron chi connectivity index (χ4n) is 1.87. The number of halogens is 1. The maximum Gasteiger partial charge on any atom is 0.255 e. The number of amides is 1. The third-order valence-corrected chi connectivity index (χ3v) is 4.88. The van der Waals surface area contributed by atoms with Crippen LogP contribution in [0.2, 0.25) is 5.02 Å². The number of hydrogen-bond donors (Lipinski definition) is 2. The Balaban J connectivity index is 2.10. The lowest BCUT2D eigenvalue weighted by Gasteiger charge is -2.08. The van der Waals surface area contributed by atoms with Gasteiger partial charge in [-0.3, -0.25) is 4.79 Å². The monoisotopic (exact) mass is 363 g/mol. The number of nitrogens with one attached hydrogen (secondary N) is 2. The van der Waals surface area contributed by atoms with Gasteiger partial charge in [-0.05, 0) is 36.4 Å². The lowest BCUT2D eigenvalue weighted by atomic mass is 10.2. The largest absolute Gasteiger partial charge is 0.321 e. The molecule has 0 saturated heterocycles. The molecule has 0 spiro atoms. The fourth-order valence-corrected chi connectivity index (χ4v) is 3.08. The van der Waals surface area contributed by atoms with Crippen LogP contribution in [-0.4, -0.2) is 20.9 Å². The van der Waals surface area contributed by atoms with Gasteiger partial charge in [0.2, 0.25) is 10.0 Å². The Labute approximate surface area is 145 Å². The molecule has 2 aromatic rings. The second-order valence-corrected chi connectivity index (χ2v) is 6.94. The summed E-state index contributed by atoms with van der Waals surface area (Å²) in [5.41, 5.74) is 0.768. The van der Waals surface area contributed by atoms with Gasteiger partial charge in [0.25, 0.3) is 5.91 Å². The van der Waals surface area contributed by atoms with Crippen molar-refractivity contribution in [2.75, 3.05) is 11.9 Å². The van der Waals surface area contributed by atoms with E-state index in [0.29, 0.717) is 16.3 Å². The number of benzene rings is 2. The molecule has 124 valence electrons. The van der Waals surface area contributed by atoms with E-state index < -0.39 is 15.9 Å². The maximum atomic E-state index is 12.2. The topological polar surface area (TPSA) is 99.1 Å². The van der Waals surface area contributed by atoms with Crippen molar-refractivity contribution in [1.82, 2.24) is 4.72 Å². The minimum Gasteiger partial charge on any atom is -0.321 e. The lowest BCUT2D eigenvalue weighted by molar-refractivity contribution is 0.102. The molecule has 0 fully saturated rings. The Hall–Kier alpha value is -2.40. The zero-order valence-corrected chi connectivity index (χ0v) is 14.1. The number of carbonyl (C=O) groups excluding carboxylic acids is 1. The van der Waals surface area contributed by atoms with Crippen LogP contribution in [0.15, 0.2) is 53.4 Å². The molecule has 0 aliphatic rings. The molecular weight excluding hydrogens is 350 g/mol. The molecule has 2 aromatic carbocycles. The molecular formula is C16H14ClN3O3S. The highest BCUT2D eigenvalue weighted by Crippen LogP contribution is 2.21. The van der Waals surface area contributed by atoms with Gasteiger partial charge in [0.1, 0.15) is 0 Å². The van der Waals surface area contributed by atoms with Crippen molar-refractivity contribution in [3.05, 3.63) is 59.1 Å². The van der Waals surface area contributed by atoms with Gasteiger partial charge >= 0.3 is 0 Å². The van der Waals surface area contributed by atoms with Gasteiger partial charge in [-0.15, -0.1) is 0 Å². The Bertz CT molecular complexity index is 874. The van der Waals surface area contributed by atoms with Gasteiger partial charge in [-0.2, -0.15) is 5.26 Å². The van der Waals surface area contributed by atoms with Crippen molar-refractivity contribution < 1.29 is 13.2 Å². The molecule has 6 nitrogen and oxygen atoms in total. The number of rotatable bonds is 6. The highest BCUT2D eigenvalue weighted by atomic mass is 35.5. The molecule has 0 aliphatic carbocycles. The van der Waals surface area contributed by atoms with E-state index in [0.717, 1.165) is 0 Å². The molecule has 0 aliphatic heterocycles. The van der Waals surface area contributed by atoms with Crippen molar-refractivity contribution >= 4 is 33.2 Å². The van der Waals surface area contributed by atoms with E-state index in [-0.39, 0.29) is 17.9 Å². The van der Waals surface area contributed by atoms with Crippen LogP contribution in [0, 0.1) is 11.3 Å². The molecule has 0 saturated carbocycles. The molecule has 1 amide bonds. The number of nitriles is 1. The van der Waals surface area contributed by atoms with Gasteiger partial charge in [-0.1, -0.05) is 23.7 Å². The van der Waals surface area contributed by atoms with E-state index >= 15 is 0 Å². The summed E-state index contributed by atoms with van der Waals surface area (Å²) in [6.45, 7) is 0.0353. The summed E-state index contributed by atoms with van der Waals surface area (Å²) in [6, 6.07) is 14.1. The first-order valence-electron chi connectivity index (χ1n) is 6.96. The first kappa shape index (κ1) is 17.9. The molecule has 0 heterocycles. The summed E-state index contributed by atoms with van der Waals surface area (Å²) in [5.74, 6) is -0.399. The van der Waals surface area contributed by atoms with Gasteiger partial charge < -0.3 is 5.32 Å². The van der Waals surface area contributed by atoms with Crippen LogP contribution >= 0.6 is 11.6 Å². The van der Waals surface area contributed by atoms with E-state index in [1.54, 1.807) is 24.3 Å². The molecule has 2 rings (SSSR count). The van der Waals surface area contributed by atoms with Crippen LogP contribution < -0.4 is 10.0 Å². The van der Waals surface area contributed by atoms with Crippen LogP contribution in [0.5, 0.6) is 0 Å². The number of nitrogens with zero attached hydrogens (tertiary/aromatic N) is 1. The minimum absolute atomic E-state index is 0.0229. The second kappa shape index (κ2) is 7.93. The van der Waals surface area contributed by atoms with E-state index in [2.05, 4.69) is 10.0 Å². The molecule has 2 N–H and O–H groups in total. The van der Waals surface area contributed by atoms with Crippen molar-refractivity contribution in [3.63, 3.8) is 0 Å². The van der Waals surface area contributed by atoms with Crippen LogP contribution in [0.25, 0.3) is 0 Å². The Morgan fingerprint density at radius 1 is 1.12 bits per heavy atom. The molecule has 0 radical (unpaired) electrons. The van der Waals surface area contributed by atoms with Crippen molar-refractivity contribution in [3.8, 4) is 6.07 Å². The van der Waals surface area contributed by atoms with E-state index in [9.17, 15) is 13.2 Å². The van der Waals surface area contributed by atoms with Gasteiger partial charge in [-0.25, -0.2) is 13.1 Å². The molecule has 0 atom stereocenters. The first-order chi connectivity index (χ1) is 11.4. The van der Waals surface area contributed by atoms with Crippen LogP contribution in [0.3, 0.4) is 0 Å². The van der Waals surface area contributed by atoms with Crippen molar-refractivity contribution in [2.45, 2.75) is 11.3 Å². The maximum absolute atomic E-state index is 12.2. The summed E-state index contributed by atoms with van der Waals surface area (Å²) in [6.07, 6.45) is 0.0809. The van der Waals surface area contributed by atoms with Crippen LogP contribution in [-0.2, 0) is 10.0 Å². The third-order valence-electron chi connectivity index (χ3n) is 3.08. The highest BCUT2D eigenvalue weighted by molar-refractivity contribution is 7.89. The normalized spacial score (nSPS) is 10.8. The van der Waals surface area contributed by atoms with E-state index in [1.165, 1.54) is 24.3 Å². The summed E-state index contributed by atoms with van der Waals surface area (Å²) in [5, 5.41) is 11.5. The summed E-state index contributed by atoms with van der Waals surface area (Å²) >= 11 is 5.98. The number of para-hydroxylation sites is 1. The fraction of sp³-hybridized carbons (Fsp3) is 0.125. The minimum atomic E-state index is -3.69. The van der Waals surface area contributed by atoms with Gasteiger partial charge in [0.05, 0.1) is 21.7 Å². The summed E-state index contributed by atoms with van der Waals surface area (Å²) < 4.78 is 26.3.